The highest BCUT2D eigenvalue weighted by Gasteiger charge is 2.22. The van der Waals surface area contributed by atoms with Gasteiger partial charge in [0.2, 0.25) is 5.91 Å². The van der Waals surface area contributed by atoms with E-state index in [0.29, 0.717) is 39.2 Å². The number of halogens is 2. The summed E-state index contributed by atoms with van der Waals surface area (Å²) in [6.45, 7) is 6.15. The molecule has 4 aromatic carbocycles. The second-order valence-corrected chi connectivity index (χ2v) is 14.4. The van der Waals surface area contributed by atoms with Gasteiger partial charge in [-0.05, 0) is 77.1 Å². The van der Waals surface area contributed by atoms with Gasteiger partial charge in [-0.3, -0.25) is 14.1 Å². The molecule has 0 fully saturated rings. The topological polar surface area (TPSA) is 122 Å². The first kappa shape index (κ1) is 35.7. The van der Waals surface area contributed by atoms with Crippen molar-refractivity contribution in [3.63, 3.8) is 0 Å². The average Bonchev–Trinajstić information content (AvgIpc) is 3.01. The number of ether oxygens (including phenoxy) is 1. The van der Waals surface area contributed by atoms with Crippen LogP contribution >= 0.6 is 23.2 Å². The van der Waals surface area contributed by atoms with Gasteiger partial charge in [-0.25, -0.2) is 0 Å². The van der Waals surface area contributed by atoms with E-state index in [4.69, 9.17) is 32.5 Å². The van der Waals surface area contributed by atoms with Crippen LogP contribution in [0, 0.1) is 5.41 Å². The Bertz CT molecular complexity index is 1830. The number of hydrogen-bond donors (Lipinski definition) is 3. The van der Waals surface area contributed by atoms with Gasteiger partial charge in [-0.1, -0.05) is 92.5 Å². The highest BCUT2D eigenvalue weighted by Crippen LogP contribution is 2.31. The van der Waals surface area contributed by atoms with Crippen LogP contribution in [0.4, 0.5) is 5.69 Å². The highest BCUT2D eigenvalue weighted by molar-refractivity contribution is 7.85. The fraction of sp³-hybridized carbons (Fsp3) is 0.222. The van der Waals surface area contributed by atoms with Crippen molar-refractivity contribution < 1.29 is 27.3 Å². The van der Waals surface area contributed by atoms with E-state index in [0.717, 1.165) is 16.7 Å². The Balaban J connectivity index is 1.50. The van der Waals surface area contributed by atoms with Crippen LogP contribution < -0.4 is 15.4 Å². The second kappa shape index (κ2) is 15.6. The molecule has 0 spiro atoms. The Morgan fingerprint density at radius 2 is 1.51 bits per heavy atom. The lowest BCUT2D eigenvalue weighted by molar-refractivity contribution is -0.117. The van der Waals surface area contributed by atoms with Crippen LogP contribution in [-0.4, -0.2) is 37.1 Å². The Labute approximate surface area is 285 Å². The van der Waals surface area contributed by atoms with Crippen molar-refractivity contribution in [3.05, 3.63) is 129 Å². The first-order valence-electron chi connectivity index (χ1n) is 14.8. The summed E-state index contributed by atoms with van der Waals surface area (Å²) >= 11 is 12.1. The van der Waals surface area contributed by atoms with Gasteiger partial charge in [-0.15, -0.1) is 0 Å². The van der Waals surface area contributed by atoms with Crippen molar-refractivity contribution >= 4 is 56.9 Å². The van der Waals surface area contributed by atoms with Crippen molar-refractivity contribution in [3.8, 4) is 11.5 Å². The Morgan fingerprint density at radius 3 is 2.11 bits per heavy atom. The maximum absolute atomic E-state index is 13.8. The molecule has 11 heteroatoms. The Hall–Kier alpha value is -4.15. The summed E-state index contributed by atoms with van der Waals surface area (Å²) in [4.78, 5) is 26.2. The molecular formula is C36H36Cl2N2O6S. The van der Waals surface area contributed by atoms with Gasteiger partial charge < -0.3 is 15.4 Å². The number of amides is 2. The molecule has 246 valence electrons. The van der Waals surface area contributed by atoms with Crippen LogP contribution in [-0.2, 0) is 21.3 Å². The largest absolute Gasteiger partial charge is 0.457 e. The summed E-state index contributed by atoms with van der Waals surface area (Å²) in [5, 5.41) is 6.29. The molecule has 0 aromatic heterocycles. The summed E-state index contributed by atoms with van der Waals surface area (Å²) < 4.78 is 36.6. The summed E-state index contributed by atoms with van der Waals surface area (Å²) in [6.07, 6.45) is 4.54. The molecule has 0 aliphatic rings. The molecule has 3 N–H and O–H groups in total. The van der Waals surface area contributed by atoms with E-state index in [1.807, 2.05) is 24.3 Å². The third-order valence-electron chi connectivity index (χ3n) is 6.98. The third kappa shape index (κ3) is 11.6. The molecule has 47 heavy (non-hydrogen) atoms. The minimum Gasteiger partial charge on any atom is -0.457 e. The average molecular weight is 696 g/mol. The monoisotopic (exact) mass is 694 g/mol. The van der Waals surface area contributed by atoms with Crippen LogP contribution in [0.1, 0.15) is 53.7 Å². The predicted molar refractivity (Wildman–Crippen MR) is 188 cm³/mol. The van der Waals surface area contributed by atoms with Crippen molar-refractivity contribution in [1.82, 2.24) is 5.32 Å². The minimum atomic E-state index is -4.18. The molecule has 2 amide bonds. The van der Waals surface area contributed by atoms with Gasteiger partial charge in [-0.2, -0.15) is 8.42 Å². The fourth-order valence-electron chi connectivity index (χ4n) is 4.48. The highest BCUT2D eigenvalue weighted by atomic mass is 35.5. The van der Waals surface area contributed by atoms with Crippen molar-refractivity contribution in [2.75, 3.05) is 17.6 Å². The zero-order chi connectivity index (χ0) is 34.2. The molecule has 0 bridgehead atoms. The van der Waals surface area contributed by atoms with E-state index in [9.17, 15) is 18.0 Å². The van der Waals surface area contributed by atoms with Gasteiger partial charge in [0.25, 0.3) is 16.0 Å². The van der Waals surface area contributed by atoms with E-state index < -0.39 is 27.7 Å². The molecule has 4 rings (SSSR count). The summed E-state index contributed by atoms with van der Waals surface area (Å²) in [5.41, 5.74) is 3.60. The molecule has 8 nitrogen and oxygen atoms in total. The maximum atomic E-state index is 13.8. The lowest BCUT2D eigenvalue weighted by atomic mass is 9.89. The molecular weight excluding hydrogens is 659 g/mol. The van der Waals surface area contributed by atoms with E-state index in [-0.39, 0.29) is 17.9 Å². The number of carbonyl (C=O) groups excluding carboxylic acids is 2. The maximum Gasteiger partial charge on any atom is 0.266 e. The summed E-state index contributed by atoms with van der Waals surface area (Å²) in [7, 11) is -4.18. The van der Waals surface area contributed by atoms with Crippen LogP contribution in [0.2, 0.25) is 10.0 Å². The first-order chi connectivity index (χ1) is 22.1. The Kier molecular flexibility index (Phi) is 11.9. The molecule has 0 saturated carbocycles. The number of nitrogens with one attached hydrogen (secondary N) is 2. The molecule has 0 aliphatic carbocycles. The van der Waals surface area contributed by atoms with E-state index in [1.165, 1.54) is 0 Å². The predicted octanol–water partition coefficient (Wildman–Crippen LogP) is 8.43. The van der Waals surface area contributed by atoms with Gasteiger partial charge in [0.05, 0.1) is 21.7 Å². The SMILES string of the molecule is CC(C)(C)/C=C/c1ccc(C(Cc2ccc(C(=O)NCCS(=O)(=O)O)cc2)C(=O)Nc2ccc(Oc3ccc(Cl)c(Cl)c3)cc2)cc1. The van der Waals surface area contributed by atoms with E-state index in [2.05, 4.69) is 43.6 Å². The number of allylic oxidation sites excluding steroid dienone is 1. The molecule has 0 aliphatic heterocycles. The number of benzene rings is 4. The lowest BCUT2D eigenvalue weighted by Gasteiger charge is -2.19. The van der Waals surface area contributed by atoms with E-state index >= 15 is 0 Å². The second-order valence-electron chi connectivity index (χ2n) is 12.1. The first-order valence-corrected chi connectivity index (χ1v) is 17.2. The summed E-state index contributed by atoms with van der Waals surface area (Å²) in [5.74, 6) is -0.742. The van der Waals surface area contributed by atoms with Crippen LogP contribution in [0.15, 0.2) is 97.1 Å². The number of hydrogen-bond acceptors (Lipinski definition) is 5. The molecule has 0 saturated heterocycles. The number of anilines is 1. The Morgan fingerprint density at radius 1 is 0.872 bits per heavy atom. The van der Waals surface area contributed by atoms with Gasteiger partial charge in [0, 0.05) is 23.9 Å². The molecule has 1 atom stereocenters. The van der Waals surface area contributed by atoms with Gasteiger partial charge in [0.1, 0.15) is 11.5 Å². The van der Waals surface area contributed by atoms with Crippen LogP contribution in [0.25, 0.3) is 6.08 Å². The smallest absolute Gasteiger partial charge is 0.266 e. The van der Waals surface area contributed by atoms with Crippen molar-refractivity contribution in [2.24, 2.45) is 5.41 Å². The number of carbonyl (C=O) groups is 2. The normalized spacial score (nSPS) is 12.5. The number of rotatable bonds is 12. The van der Waals surface area contributed by atoms with Gasteiger partial charge >= 0.3 is 0 Å². The molecule has 1 unspecified atom stereocenters. The van der Waals surface area contributed by atoms with Gasteiger partial charge in [0.15, 0.2) is 0 Å². The molecule has 0 heterocycles. The third-order valence-corrected chi connectivity index (χ3v) is 8.44. The quantitative estimate of drug-likeness (QED) is 0.128. The minimum absolute atomic E-state index is 0.0309. The van der Waals surface area contributed by atoms with E-state index in [1.54, 1.807) is 66.7 Å². The van der Waals surface area contributed by atoms with Crippen molar-refractivity contribution in [2.45, 2.75) is 33.1 Å². The zero-order valence-corrected chi connectivity index (χ0v) is 28.5. The fourth-order valence-corrected chi connectivity index (χ4v) is 5.13. The van der Waals surface area contributed by atoms with Crippen LogP contribution in [0.5, 0.6) is 11.5 Å². The lowest BCUT2D eigenvalue weighted by Crippen LogP contribution is -2.28. The van der Waals surface area contributed by atoms with Crippen molar-refractivity contribution in [1.29, 1.82) is 0 Å². The molecule has 4 aromatic rings. The molecule has 0 radical (unpaired) electrons. The van der Waals surface area contributed by atoms with Crippen LogP contribution in [0.3, 0.4) is 0 Å². The zero-order valence-electron chi connectivity index (χ0n) is 26.2. The summed E-state index contributed by atoms with van der Waals surface area (Å²) in [6, 6.07) is 26.5. The standard InChI is InChI=1S/C36H36Cl2N2O6S/c1-36(2,3)19-18-24-4-8-26(9-5-24)31(22-25-6-10-27(11-7-25)34(41)39-20-21-47(43,44)45)35(42)40-28-12-14-29(15-13-28)46-30-16-17-32(37)33(38)23-30/h4-19,23,31H,20-22H2,1-3H3,(H,39,41)(H,40,42)(H,43,44,45)/b19-18+.